The van der Waals surface area contributed by atoms with Crippen molar-refractivity contribution in [3.8, 4) is 0 Å². The lowest BCUT2D eigenvalue weighted by atomic mass is 10.2. The Bertz CT molecular complexity index is 970. The third-order valence-corrected chi connectivity index (χ3v) is 5.72. The number of likely N-dealkylation sites (N-methyl/N-ethyl adjacent to an activating group) is 1. The Morgan fingerprint density at radius 3 is 2.58 bits per heavy atom. The molecule has 1 heterocycles. The van der Waals surface area contributed by atoms with Gasteiger partial charge < -0.3 is 25.2 Å². The van der Waals surface area contributed by atoms with Crippen LogP contribution in [0.4, 0.5) is 5.13 Å². The zero-order valence-electron chi connectivity index (χ0n) is 18.7. The zero-order valence-corrected chi connectivity index (χ0v) is 21.0. The van der Waals surface area contributed by atoms with Crippen LogP contribution < -0.4 is 10.6 Å². The summed E-state index contributed by atoms with van der Waals surface area (Å²) in [6, 6.07) is 4.54. The highest BCUT2D eigenvalue weighted by molar-refractivity contribution is 7.13. The molecule has 9 nitrogen and oxygen atoms in total. The molecule has 0 saturated carbocycles. The van der Waals surface area contributed by atoms with Crippen LogP contribution in [0, 0.1) is 0 Å². The summed E-state index contributed by atoms with van der Waals surface area (Å²) in [5.41, 5.74) is 0.791. The van der Waals surface area contributed by atoms with E-state index in [-0.39, 0.29) is 42.6 Å². The van der Waals surface area contributed by atoms with Crippen LogP contribution in [0.1, 0.15) is 16.1 Å². The summed E-state index contributed by atoms with van der Waals surface area (Å²) < 4.78 is 5.06. The minimum atomic E-state index is -0.430. The van der Waals surface area contributed by atoms with Crippen LogP contribution in [0.15, 0.2) is 23.6 Å². The van der Waals surface area contributed by atoms with Crippen LogP contribution in [0.25, 0.3) is 0 Å². The van der Waals surface area contributed by atoms with E-state index in [1.807, 2.05) is 19.0 Å². The van der Waals surface area contributed by atoms with Gasteiger partial charge in [-0.05, 0) is 32.3 Å². The minimum absolute atomic E-state index is 0.118. The molecular formula is C21H27Cl2N5O4S. The summed E-state index contributed by atoms with van der Waals surface area (Å²) in [5, 5.41) is 8.15. The lowest BCUT2D eigenvalue weighted by Gasteiger charge is -2.22. The molecule has 0 fully saturated rings. The van der Waals surface area contributed by atoms with Crippen molar-refractivity contribution in [1.29, 1.82) is 0 Å². The van der Waals surface area contributed by atoms with Crippen LogP contribution >= 0.6 is 34.5 Å². The summed E-state index contributed by atoms with van der Waals surface area (Å²) >= 11 is 13.3. The second-order valence-electron chi connectivity index (χ2n) is 7.37. The molecule has 3 amide bonds. The van der Waals surface area contributed by atoms with E-state index >= 15 is 0 Å². The number of anilines is 1. The van der Waals surface area contributed by atoms with Gasteiger partial charge in [-0.25, -0.2) is 4.98 Å². The van der Waals surface area contributed by atoms with E-state index < -0.39 is 11.8 Å². The first kappa shape index (κ1) is 27.0. The molecule has 0 aliphatic rings. The van der Waals surface area contributed by atoms with Crippen molar-refractivity contribution in [2.24, 2.45) is 0 Å². The maximum Gasteiger partial charge on any atom is 0.255 e. The molecule has 0 bridgehead atoms. The molecule has 0 aliphatic heterocycles. The molecular weight excluding hydrogens is 489 g/mol. The summed E-state index contributed by atoms with van der Waals surface area (Å²) in [6.07, 6.45) is 0.118. The van der Waals surface area contributed by atoms with Crippen LogP contribution in [-0.4, -0.2) is 86.5 Å². The van der Waals surface area contributed by atoms with Crippen LogP contribution in [0.5, 0.6) is 0 Å². The van der Waals surface area contributed by atoms with Crippen LogP contribution in [-0.2, 0) is 20.7 Å². The fraction of sp³-hybridized carbons (Fsp3) is 0.429. The fourth-order valence-corrected chi connectivity index (χ4v) is 3.93. The molecule has 0 atom stereocenters. The highest BCUT2D eigenvalue weighted by atomic mass is 35.5. The number of aromatic nitrogens is 1. The van der Waals surface area contributed by atoms with E-state index in [2.05, 4.69) is 15.6 Å². The normalized spacial score (nSPS) is 10.8. The Labute approximate surface area is 207 Å². The number of amides is 3. The third-order valence-electron chi connectivity index (χ3n) is 4.37. The second-order valence-corrected chi connectivity index (χ2v) is 9.07. The molecule has 2 N–H and O–H groups in total. The maximum atomic E-state index is 12.9. The lowest BCUT2D eigenvalue weighted by molar-refractivity contribution is -0.120. The molecule has 0 aliphatic carbocycles. The first-order chi connectivity index (χ1) is 15.7. The van der Waals surface area contributed by atoms with Gasteiger partial charge in [0.25, 0.3) is 5.91 Å². The molecule has 2 rings (SSSR count). The Hall–Kier alpha value is -2.24. The Morgan fingerprint density at radius 2 is 1.91 bits per heavy atom. The monoisotopic (exact) mass is 515 g/mol. The van der Waals surface area contributed by atoms with Gasteiger partial charge in [-0.3, -0.25) is 14.4 Å². The Morgan fingerprint density at radius 1 is 1.15 bits per heavy atom. The van der Waals surface area contributed by atoms with Crippen LogP contribution in [0.3, 0.4) is 0 Å². The average molecular weight is 516 g/mol. The first-order valence-corrected chi connectivity index (χ1v) is 11.7. The van der Waals surface area contributed by atoms with Crippen molar-refractivity contribution >= 4 is 57.4 Å². The van der Waals surface area contributed by atoms with Gasteiger partial charge in [-0.15, -0.1) is 11.3 Å². The number of ether oxygens (including phenoxy) is 1. The number of nitrogens with zero attached hydrogens (tertiary/aromatic N) is 3. The Balaban J connectivity index is 1.96. The highest BCUT2D eigenvalue weighted by Crippen LogP contribution is 2.22. The van der Waals surface area contributed by atoms with E-state index in [9.17, 15) is 14.4 Å². The standard InChI is InChI=1S/C21H27Cl2N5O4S/c1-27(2)7-6-24-18(29)11-15-13-33-21(25-15)26-19(30)12-28(8-9-32-3)20(31)16-5-4-14(22)10-17(16)23/h4-5,10,13H,6-9,11-12H2,1-3H3,(H,24,29)(H,25,26,30). The molecule has 0 saturated heterocycles. The zero-order chi connectivity index (χ0) is 24.4. The minimum Gasteiger partial charge on any atom is -0.383 e. The van der Waals surface area contributed by atoms with E-state index in [1.165, 1.54) is 35.5 Å². The summed E-state index contributed by atoms with van der Waals surface area (Å²) in [5.74, 6) is -0.991. The number of rotatable bonds is 12. The predicted octanol–water partition coefficient (Wildman–Crippen LogP) is 2.40. The number of carbonyl (C=O) groups is 3. The molecule has 12 heteroatoms. The molecule has 180 valence electrons. The summed E-state index contributed by atoms with van der Waals surface area (Å²) in [6.45, 7) is 1.50. The van der Waals surface area contributed by atoms with E-state index in [0.717, 1.165) is 6.54 Å². The highest BCUT2D eigenvalue weighted by Gasteiger charge is 2.22. The lowest BCUT2D eigenvalue weighted by Crippen LogP contribution is -2.40. The quantitative estimate of drug-likeness (QED) is 0.449. The van der Waals surface area contributed by atoms with Gasteiger partial charge in [0.1, 0.15) is 6.54 Å². The van der Waals surface area contributed by atoms with Crippen LogP contribution in [0.2, 0.25) is 10.0 Å². The van der Waals surface area contributed by atoms with Crippen molar-refractivity contribution in [3.63, 3.8) is 0 Å². The van der Waals surface area contributed by atoms with Crippen molar-refractivity contribution in [1.82, 2.24) is 20.1 Å². The molecule has 1 aromatic carbocycles. The van der Waals surface area contributed by atoms with Gasteiger partial charge in [0, 0.05) is 37.1 Å². The number of hydrogen-bond acceptors (Lipinski definition) is 7. The fourth-order valence-electron chi connectivity index (χ4n) is 2.71. The van der Waals surface area contributed by atoms with Gasteiger partial charge >= 0.3 is 0 Å². The molecule has 2 aromatic rings. The molecule has 0 unspecified atom stereocenters. The van der Waals surface area contributed by atoms with Crippen molar-refractivity contribution < 1.29 is 19.1 Å². The molecule has 0 radical (unpaired) electrons. The summed E-state index contributed by atoms with van der Waals surface area (Å²) in [7, 11) is 5.36. The molecule has 1 aromatic heterocycles. The second kappa shape index (κ2) is 13.5. The smallest absolute Gasteiger partial charge is 0.255 e. The van der Waals surface area contributed by atoms with Gasteiger partial charge in [0.15, 0.2) is 5.13 Å². The number of nitrogens with one attached hydrogen (secondary N) is 2. The first-order valence-electron chi connectivity index (χ1n) is 10.1. The molecule has 33 heavy (non-hydrogen) atoms. The van der Waals surface area contributed by atoms with Gasteiger partial charge in [0.05, 0.1) is 29.3 Å². The number of benzene rings is 1. The van der Waals surface area contributed by atoms with Gasteiger partial charge in [-0.1, -0.05) is 23.2 Å². The van der Waals surface area contributed by atoms with Crippen molar-refractivity contribution in [2.45, 2.75) is 6.42 Å². The topological polar surface area (TPSA) is 104 Å². The number of methoxy groups -OCH3 is 1. The average Bonchev–Trinajstić information content (AvgIpc) is 3.16. The third kappa shape index (κ3) is 9.26. The van der Waals surface area contributed by atoms with E-state index in [1.54, 1.807) is 11.4 Å². The summed E-state index contributed by atoms with van der Waals surface area (Å²) in [4.78, 5) is 45.1. The van der Waals surface area contributed by atoms with Gasteiger partial charge in [-0.2, -0.15) is 0 Å². The van der Waals surface area contributed by atoms with Crippen molar-refractivity contribution in [2.75, 3.05) is 59.3 Å². The van der Waals surface area contributed by atoms with E-state index in [4.69, 9.17) is 27.9 Å². The number of thiazole rings is 1. The predicted molar refractivity (Wildman–Crippen MR) is 130 cm³/mol. The SMILES string of the molecule is COCCN(CC(=O)Nc1nc(CC(=O)NCCN(C)C)cs1)C(=O)c1ccc(Cl)cc1Cl. The number of halogens is 2. The van der Waals surface area contributed by atoms with E-state index in [0.29, 0.717) is 22.4 Å². The maximum absolute atomic E-state index is 12.9. The Kier molecular flexibility index (Phi) is 11.0. The number of carbonyl (C=O) groups excluding carboxylic acids is 3. The number of hydrogen-bond donors (Lipinski definition) is 2. The van der Waals surface area contributed by atoms with Gasteiger partial charge in [0.2, 0.25) is 11.8 Å². The molecule has 0 spiro atoms. The largest absolute Gasteiger partial charge is 0.383 e. The van der Waals surface area contributed by atoms with Crippen molar-refractivity contribution in [3.05, 3.63) is 44.9 Å².